The van der Waals surface area contributed by atoms with Crippen molar-refractivity contribution in [3.05, 3.63) is 53.9 Å². The summed E-state index contributed by atoms with van der Waals surface area (Å²) < 4.78 is 1.61. The third kappa shape index (κ3) is 4.36. The fourth-order valence-electron chi connectivity index (χ4n) is 2.82. The Labute approximate surface area is 159 Å². The van der Waals surface area contributed by atoms with Crippen LogP contribution < -0.4 is 15.5 Å². The van der Waals surface area contributed by atoms with E-state index in [0.717, 1.165) is 5.69 Å². The lowest BCUT2D eigenvalue weighted by molar-refractivity contribution is 0.0921. The third-order valence-electron chi connectivity index (χ3n) is 4.04. The Bertz CT molecular complexity index is 955. The van der Waals surface area contributed by atoms with Crippen LogP contribution in [0.4, 0.5) is 11.5 Å². The van der Waals surface area contributed by atoms with Crippen LogP contribution in [-0.4, -0.2) is 40.1 Å². The molecular weight excluding hydrogens is 340 g/mol. The number of fused-ring (bicyclic) bond motifs is 1. The Kier molecular flexibility index (Phi) is 5.03. The molecule has 7 heteroatoms. The number of para-hydroxylation sites is 1. The van der Waals surface area contributed by atoms with Gasteiger partial charge in [-0.05, 0) is 38.5 Å². The molecule has 1 aromatic carbocycles. The Hall–Kier alpha value is -3.09. The van der Waals surface area contributed by atoms with Crippen molar-refractivity contribution in [3.63, 3.8) is 0 Å². The van der Waals surface area contributed by atoms with Gasteiger partial charge in [0.1, 0.15) is 11.4 Å². The van der Waals surface area contributed by atoms with Crippen molar-refractivity contribution in [2.75, 3.05) is 24.3 Å². The van der Waals surface area contributed by atoms with Gasteiger partial charge in [-0.15, -0.1) is 0 Å². The van der Waals surface area contributed by atoms with Gasteiger partial charge in [-0.1, -0.05) is 18.2 Å². The number of hydrogen-bond acceptors (Lipinski definition) is 5. The first-order valence-corrected chi connectivity index (χ1v) is 8.90. The molecule has 27 heavy (non-hydrogen) atoms. The van der Waals surface area contributed by atoms with Gasteiger partial charge in [0.05, 0.1) is 6.20 Å². The van der Waals surface area contributed by atoms with Crippen LogP contribution in [0.2, 0.25) is 0 Å². The molecule has 0 radical (unpaired) electrons. The number of nitrogens with one attached hydrogen (secondary N) is 2. The highest BCUT2D eigenvalue weighted by Crippen LogP contribution is 2.19. The van der Waals surface area contributed by atoms with E-state index in [1.807, 2.05) is 53.1 Å². The number of benzene rings is 1. The van der Waals surface area contributed by atoms with Gasteiger partial charge in [0, 0.05) is 38.1 Å². The molecule has 0 spiro atoms. The number of hydrogen-bond donors (Lipinski definition) is 2. The monoisotopic (exact) mass is 366 g/mol. The summed E-state index contributed by atoms with van der Waals surface area (Å²) in [6.07, 6.45) is 3.35. The number of rotatable bonds is 5. The van der Waals surface area contributed by atoms with Gasteiger partial charge in [-0.3, -0.25) is 4.79 Å². The number of amides is 1. The number of carbonyl (C=O) groups excluding carboxylic acids is 1. The first-order valence-electron chi connectivity index (χ1n) is 8.90. The van der Waals surface area contributed by atoms with Crippen molar-refractivity contribution in [2.24, 2.45) is 0 Å². The predicted molar refractivity (Wildman–Crippen MR) is 108 cm³/mol. The van der Waals surface area contributed by atoms with Gasteiger partial charge in [0.15, 0.2) is 5.65 Å². The zero-order valence-electron chi connectivity index (χ0n) is 16.4. The van der Waals surface area contributed by atoms with E-state index < -0.39 is 0 Å². The lowest BCUT2D eigenvalue weighted by Gasteiger charge is -2.20. The highest BCUT2D eigenvalue weighted by atomic mass is 16.1. The minimum atomic E-state index is -0.322. The summed E-state index contributed by atoms with van der Waals surface area (Å²) in [6, 6.07) is 10.1. The Morgan fingerprint density at radius 1 is 1.19 bits per heavy atom. The molecule has 7 nitrogen and oxygen atoms in total. The molecule has 0 unspecified atom stereocenters. The van der Waals surface area contributed by atoms with E-state index in [2.05, 4.69) is 37.7 Å². The van der Waals surface area contributed by atoms with Crippen LogP contribution in [0.3, 0.4) is 0 Å². The van der Waals surface area contributed by atoms with Crippen LogP contribution in [0.15, 0.2) is 42.7 Å². The van der Waals surface area contributed by atoms with Crippen LogP contribution in [0.5, 0.6) is 0 Å². The quantitative estimate of drug-likeness (QED) is 0.726. The van der Waals surface area contributed by atoms with Crippen molar-refractivity contribution in [2.45, 2.75) is 32.9 Å². The Balaban J connectivity index is 1.83. The van der Waals surface area contributed by atoms with Gasteiger partial charge in [-0.2, -0.15) is 5.10 Å². The molecule has 0 fully saturated rings. The van der Waals surface area contributed by atoms with E-state index in [9.17, 15) is 4.79 Å². The molecule has 1 amide bonds. The Morgan fingerprint density at radius 2 is 1.93 bits per heavy atom. The minimum Gasteiger partial charge on any atom is -0.377 e. The van der Waals surface area contributed by atoms with Gasteiger partial charge >= 0.3 is 0 Å². The molecule has 0 bridgehead atoms. The fourth-order valence-corrected chi connectivity index (χ4v) is 2.82. The Morgan fingerprint density at radius 3 is 2.63 bits per heavy atom. The summed E-state index contributed by atoms with van der Waals surface area (Å²) in [5, 5.41) is 10.5. The molecule has 2 N–H and O–H groups in total. The molecule has 0 saturated heterocycles. The average molecular weight is 366 g/mol. The van der Waals surface area contributed by atoms with Crippen LogP contribution in [-0.2, 0) is 6.54 Å². The zero-order valence-corrected chi connectivity index (χ0v) is 16.4. The zero-order chi connectivity index (χ0) is 19.6. The van der Waals surface area contributed by atoms with Crippen molar-refractivity contribution in [1.82, 2.24) is 19.9 Å². The molecule has 0 aliphatic rings. The first kappa shape index (κ1) is 18.7. The lowest BCUT2D eigenvalue weighted by atomic mass is 10.1. The first-order chi connectivity index (χ1) is 12.7. The third-order valence-corrected chi connectivity index (χ3v) is 4.04. The largest absolute Gasteiger partial charge is 0.377 e. The van der Waals surface area contributed by atoms with Gasteiger partial charge in [0.25, 0.3) is 5.91 Å². The summed E-state index contributed by atoms with van der Waals surface area (Å²) in [6.45, 7) is 6.47. The van der Waals surface area contributed by atoms with Crippen molar-refractivity contribution >= 4 is 23.1 Å². The smallest absolute Gasteiger partial charge is 0.257 e. The highest BCUT2D eigenvalue weighted by molar-refractivity contribution is 6.00. The molecule has 142 valence electrons. The van der Waals surface area contributed by atoms with Crippen LogP contribution >= 0.6 is 0 Å². The van der Waals surface area contributed by atoms with Crippen LogP contribution in [0, 0.1) is 0 Å². The normalized spacial score (nSPS) is 11.4. The van der Waals surface area contributed by atoms with Crippen molar-refractivity contribution in [3.8, 4) is 0 Å². The number of nitrogens with zero attached hydrogens (tertiary/aromatic N) is 4. The number of aromatic nitrogens is 3. The molecule has 2 aromatic heterocycles. The summed E-state index contributed by atoms with van der Waals surface area (Å²) >= 11 is 0. The second kappa shape index (κ2) is 7.26. The average Bonchev–Trinajstić information content (AvgIpc) is 3.02. The second-order valence-corrected chi connectivity index (χ2v) is 7.72. The van der Waals surface area contributed by atoms with E-state index in [4.69, 9.17) is 0 Å². The molecule has 0 aliphatic carbocycles. The number of anilines is 2. The molecule has 0 aliphatic heterocycles. The molecular formula is C20H26N6O. The number of carbonyl (C=O) groups is 1. The van der Waals surface area contributed by atoms with E-state index in [0.29, 0.717) is 23.6 Å². The van der Waals surface area contributed by atoms with E-state index >= 15 is 0 Å². The summed E-state index contributed by atoms with van der Waals surface area (Å²) in [4.78, 5) is 19.2. The van der Waals surface area contributed by atoms with Crippen LogP contribution in [0.1, 0.15) is 36.7 Å². The maximum atomic E-state index is 12.5. The van der Waals surface area contributed by atoms with E-state index in [1.165, 1.54) is 5.56 Å². The topological polar surface area (TPSA) is 74.6 Å². The maximum Gasteiger partial charge on any atom is 0.257 e. The van der Waals surface area contributed by atoms with Gasteiger partial charge in [-0.25, -0.2) is 9.50 Å². The fraction of sp³-hybridized carbons (Fsp3) is 0.350. The van der Waals surface area contributed by atoms with E-state index in [-0.39, 0.29) is 11.4 Å². The molecule has 3 rings (SSSR count). The molecule has 3 aromatic rings. The summed E-state index contributed by atoms with van der Waals surface area (Å²) in [7, 11) is 4.05. The molecule has 0 atom stereocenters. The van der Waals surface area contributed by atoms with Gasteiger partial charge < -0.3 is 15.5 Å². The maximum absolute atomic E-state index is 12.5. The van der Waals surface area contributed by atoms with Crippen molar-refractivity contribution in [1.29, 1.82) is 0 Å². The van der Waals surface area contributed by atoms with Crippen LogP contribution in [0.25, 0.3) is 5.65 Å². The SMILES string of the molecule is CN(C)c1ccccc1CNc1ccn2ncc(C(=O)NC(C)(C)C)c2n1. The standard InChI is InChI=1S/C20H26N6O/c1-20(2,3)24-19(27)15-13-22-26-11-10-17(23-18(15)26)21-12-14-8-6-7-9-16(14)25(4)5/h6-11,13H,12H2,1-5H3,(H,21,23)(H,24,27). The predicted octanol–water partition coefficient (Wildman–Crippen LogP) is 2.94. The second-order valence-electron chi connectivity index (χ2n) is 7.72. The molecule has 2 heterocycles. The minimum absolute atomic E-state index is 0.180. The van der Waals surface area contributed by atoms with Gasteiger partial charge in [0.2, 0.25) is 0 Å². The summed E-state index contributed by atoms with van der Waals surface area (Å²) in [5.74, 6) is 0.515. The highest BCUT2D eigenvalue weighted by Gasteiger charge is 2.19. The van der Waals surface area contributed by atoms with E-state index in [1.54, 1.807) is 16.9 Å². The lowest BCUT2D eigenvalue weighted by Crippen LogP contribution is -2.40. The van der Waals surface area contributed by atoms with Crippen molar-refractivity contribution < 1.29 is 4.79 Å². The summed E-state index contributed by atoms with van der Waals surface area (Å²) in [5.41, 5.74) is 2.99. The molecule has 0 saturated carbocycles.